The van der Waals surface area contributed by atoms with Gasteiger partial charge < -0.3 is 0 Å². The van der Waals surface area contributed by atoms with Crippen LogP contribution in [0.4, 0.5) is 19.0 Å². The number of alkyl halides is 3. The van der Waals surface area contributed by atoms with Crippen LogP contribution in [0.1, 0.15) is 52.9 Å². The molecule has 28 heavy (non-hydrogen) atoms. The molecule has 2 aliphatic rings. The first-order valence-electron chi connectivity index (χ1n) is 8.72. The fourth-order valence-electron chi connectivity index (χ4n) is 3.20. The average Bonchev–Trinajstić information content (AvgIpc) is 3.45. The zero-order valence-corrected chi connectivity index (χ0v) is 15.6. The number of amides is 1. The predicted molar refractivity (Wildman–Crippen MR) is 93.7 cm³/mol. The van der Waals surface area contributed by atoms with E-state index >= 15 is 0 Å². The summed E-state index contributed by atoms with van der Waals surface area (Å²) in [5.74, 6) is -0.689. The van der Waals surface area contributed by atoms with Crippen molar-refractivity contribution in [2.75, 3.05) is 10.7 Å². The number of hydrogen-bond acceptors (Lipinski definition) is 5. The summed E-state index contributed by atoms with van der Waals surface area (Å²) in [4.78, 5) is 21.4. The highest BCUT2D eigenvalue weighted by Crippen LogP contribution is 2.42. The summed E-state index contributed by atoms with van der Waals surface area (Å²) >= 11 is 0. The summed E-state index contributed by atoms with van der Waals surface area (Å²) < 4.78 is 63.9. The van der Waals surface area contributed by atoms with Gasteiger partial charge in [-0.3, -0.25) is 14.7 Å². The molecule has 0 N–H and O–H groups in total. The van der Waals surface area contributed by atoms with E-state index < -0.39 is 27.6 Å². The van der Waals surface area contributed by atoms with Crippen LogP contribution in [0.15, 0.2) is 29.4 Å². The Morgan fingerprint density at radius 1 is 1.18 bits per heavy atom. The van der Waals surface area contributed by atoms with Crippen molar-refractivity contribution in [1.82, 2.24) is 9.97 Å². The molecule has 0 aromatic carbocycles. The van der Waals surface area contributed by atoms with E-state index in [-0.39, 0.29) is 34.5 Å². The van der Waals surface area contributed by atoms with Crippen molar-refractivity contribution in [3.8, 4) is 0 Å². The highest BCUT2D eigenvalue weighted by atomic mass is 32.2. The van der Waals surface area contributed by atoms with E-state index in [1.807, 2.05) is 0 Å². The fourth-order valence-corrected chi connectivity index (χ4v) is 4.27. The standard InChI is InChI=1S/C18H16F3N3O3S/c1-2-28(26,27)14-5-11(10-3-4-10)7-23-16(14)24-9-12-8-22-15(18(19,20)21)6-13(12)17(24)25/h5-8,10H,2-4,9H2,1H3. The van der Waals surface area contributed by atoms with Crippen LogP contribution in [0, 0.1) is 0 Å². The number of nitrogens with zero attached hydrogens (tertiary/aromatic N) is 3. The van der Waals surface area contributed by atoms with Crippen LogP contribution in [0.5, 0.6) is 0 Å². The van der Waals surface area contributed by atoms with Gasteiger partial charge in [-0.15, -0.1) is 0 Å². The summed E-state index contributed by atoms with van der Waals surface area (Å²) in [6, 6.07) is 2.23. The van der Waals surface area contributed by atoms with Crippen LogP contribution in [0.3, 0.4) is 0 Å². The topological polar surface area (TPSA) is 80.2 Å². The van der Waals surface area contributed by atoms with Crippen molar-refractivity contribution >= 4 is 21.6 Å². The average molecular weight is 411 g/mol. The number of carbonyl (C=O) groups is 1. The minimum atomic E-state index is -4.68. The molecular formula is C18H16F3N3O3S. The quantitative estimate of drug-likeness (QED) is 0.771. The third-order valence-corrected chi connectivity index (χ3v) is 6.69. The minimum absolute atomic E-state index is 0.0546. The van der Waals surface area contributed by atoms with E-state index in [1.165, 1.54) is 19.2 Å². The van der Waals surface area contributed by atoms with Crippen LogP contribution >= 0.6 is 0 Å². The predicted octanol–water partition coefficient (Wildman–Crippen LogP) is 3.33. The Balaban J connectivity index is 1.78. The second-order valence-electron chi connectivity index (χ2n) is 6.88. The summed E-state index contributed by atoms with van der Waals surface area (Å²) in [5.41, 5.74) is -0.220. The van der Waals surface area contributed by atoms with Gasteiger partial charge in [-0.2, -0.15) is 13.2 Å². The molecule has 1 aliphatic heterocycles. The zero-order valence-electron chi connectivity index (χ0n) is 14.8. The van der Waals surface area contributed by atoms with Gasteiger partial charge >= 0.3 is 6.18 Å². The maximum atomic E-state index is 12.9. The second-order valence-corrected chi connectivity index (χ2v) is 9.13. The molecule has 0 unspecified atom stereocenters. The number of rotatable bonds is 4. The van der Waals surface area contributed by atoms with Gasteiger partial charge in [0.25, 0.3) is 5.91 Å². The first-order valence-corrected chi connectivity index (χ1v) is 10.4. The van der Waals surface area contributed by atoms with E-state index in [0.29, 0.717) is 11.6 Å². The number of pyridine rings is 2. The first-order chi connectivity index (χ1) is 13.1. The van der Waals surface area contributed by atoms with E-state index in [0.717, 1.165) is 29.5 Å². The highest BCUT2D eigenvalue weighted by Gasteiger charge is 2.38. The number of fused-ring (bicyclic) bond motifs is 1. The van der Waals surface area contributed by atoms with Gasteiger partial charge in [-0.05, 0) is 36.5 Å². The molecular weight excluding hydrogens is 395 g/mol. The van der Waals surface area contributed by atoms with Crippen LogP contribution in [-0.2, 0) is 22.6 Å². The summed E-state index contributed by atoms with van der Waals surface area (Å²) in [6.45, 7) is 1.41. The molecule has 0 saturated heterocycles. The molecule has 148 valence electrons. The van der Waals surface area contributed by atoms with E-state index in [1.54, 1.807) is 0 Å². The normalized spacial score (nSPS) is 17.1. The molecule has 10 heteroatoms. The summed E-state index contributed by atoms with van der Waals surface area (Å²) in [7, 11) is -3.69. The summed E-state index contributed by atoms with van der Waals surface area (Å²) in [5, 5.41) is 0. The lowest BCUT2D eigenvalue weighted by Gasteiger charge is -2.19. The maximum Gasteiger partial charge on any atom is 0.433 e. The van der Waals surface area contributed by atoms with Crippen molar-refractivity contribution in [2.45, 2.75) is 43.3 Å². The highest BCUT2D eigenvalue weighted by molar-refractivity contribution is 7.91. The molecule has 0 atom stereocenters. The molecule has 3 heterocycles. The second kappa shape index (κ2) is 6.26. The van der Waals surface area contributed by atoms with Crippen molar-refractivity contribution in [3.63, 3.8) is 0 Å². The molecule has 1 amide bonds. The number of halogens is 3. The van der Waals surface area contributed by atoms with Crippen LogP contribution in [0.2, 0.25) is 0 Å². The Morgan fingerprint density at radius 3 is 2.50 bits per heavy atom. The molecule has 0 bridgehead atoms. The Bertz CT molecular complexity index is 1080. The first kappa shape index (κ1) is 18.9. The van der Waals surface area contributed by atoms with Crippen molar-refractivity contribution in [1.29, 1.82) is 0 Å². The Morgan fingerprint density at radius 2 is 1.89 bits per heavy atom. The minimum Gasteiger partial charge on any atom is -0.287 e. The van der Waals surface area contributed by atoms with Crippen molar-refractivity contribution in [3.05, 3.63) is 46.9 Å². The van der Waals surface area contributed by atoms with E-state index in [4.69, 9.17) is 0 Å². The van der Waals surface area contributed by atoms with Crippen molar-refractivity contribution < 1.29 is 26.4 Å². The molecule has 1 aliphatic carbocycles. The largest absolute Gasteiger partial charge is 0.433 e. The number of anilines is 1. The number of carbonyl (C=O) groups excluding carboxylic acids is 1. The van der Waals surface area contributed by atoms with Crippen molar-refractivity contribution in [2.24, 2.45) is 0 Å². The monoisotopic (exact) mass is 411 g/mol. The van der Waals surface area contributed by atoms with E-state index in [9.17, 15) is 26.4 Å². The van der Waals surface area contributed by atoms with Gasteiger partial charge in [-0.25, -0.2) is 13.4 Å². The van der Waals surface area contributed by atoms with Gasteiger partial charge in [-0.1, -0.05) is 6.92 Å². The molecule has 1 saturated carbocycles. The molecule has 6 nitrogen and oxygen atoms in total. The lowest BCUT2D eigenvalue weighted by molar-refractivity contribution is -0.141. The number of aromatic nitrogens is 2. The molecule has 4 rings (SSSR count). The molecule has 0 spiro atoms. The Labute approximate surface area is 159 Å². The van der Waals surface area contributed by atoms with Gasteiger partial charge in [0.05, 0.1) is 12.3 Å². The van der Waals surface area contributed by atoms with Gasteiger partial charge in [0.15, 0.2) is 15.7 Å². The van der Waals surface area contributed by atoms with Gasteiger partial charge in [0.2, 0.25) is 0 Å². The van der Waals surface area contributed by atoms with Gasteiger partial charge in [0, 0.05) is 23.5 Å². The summed E-state index contributed by atoms with van der Waals surface area (Å²) in [6.07, 6.45) is -0.233. The van der Waals surface area contributed by atoms with Crippen LogP contribution in [0.25, 0.3) is 0 Å². The molecule has 1 fully saturated rings. The molecule has 2 aromatic heterocycles. The van der Waals surface area contributed by atoms with Crippen LogP contribution in [-0.4, -0.2) is 30.0 Å². The van der Waals surface area contributed by atoms with E-state index in [2.05, 4.69) is 9.97 Å². The zero-order chi connectivity index (χ0) is 20.3. The number of sulfone groups is 1. The van der Waals surface area contributed by atoms with Gasteiger partial charge in [0.1, 0.15) is 10.6 Å². The lowest BCUT2D eigenvalue weighted by Crippen LogP contribution is -2.26. The molecule has 0 radical (unpaired) electrons. The number of hydrogen-bond donors (Lipinski definition) is 0. The molecule has 2 aromatic rings. The fraction of sp³-hybridized carbons (Fsp3) is 0.389. The smallest absolute Gasteiger partial charge is 0.287 e. The lowest BCUT2D eigenvalue weighted by atomic mass is 10.1. The maximum absolute atomic E-state index is 12.9. The van der Waals surface area contributed by atoms with Crippen LogP contribution < -0.4 is 4.90 Å². The third-order valence-electron chi connectivity index (χ3n) is 4.95. The Kier molecular flexibility index (Phi) is 4.22. The third kappa shape index (κ3) is 3.15. The SMILES string of the molecule is CCS(=O)(=O)c1cc(C2CC2)cnc1N1Cc2cnc(C(F)(F)F)cc2C1=O. The Hall–Kier alpha value is -2.49.